The van der Waals surface area contributed by atoms with Crippen molar-refractivity contribution in [2.45, 2.75) is 6.92 Å². The molecule has 0 saturated heterocycles. The van der Waals surface area contributed by atoms with E-state index in [2.05, 4.69) is 20.6 Å². The summed E-state index contributed by atoms with van der Waals surface area (Å²) >= 11 is 5.74. The van der Waals surface area contributed by atoms with Gasteiger partial charge in [0.15, 0.2) is 11.0 Å². The Morgan fingerprint density at radius 3 is 2.80 bits per heavy atom. The lowest BCUT2D eigenvalue weighted by Crippen LogP contribution is -2.38. The van der Waals surface area contributed by atoms with Crippen LogP contribution in [0.4, 0.5) is 11.5 Å². The van der Waals surface area contributed by atoms with Crippen molar-refractivity contribution >= 4 is 34.9 Å². The van der Waals surface area contributed by atoms with Crippen molar-refractivity contribution in [2.75, 3.05) is 37.7 Å². The summed E-state index contributed by atoms with van der Waals surface area (Å²) in [6.45, 7) is 2.26. The largest absolute Gasteiger partial charge is 0.393 e. The fourth-order valence-electron chi connectivity index (χ4n) is 1.33. The Bertz CT molecular complexity index is 496. The first-order valence-corrected chi connectivity index (χ1v) is 6.28. The fourth-order valence-corrected chi connectivity index (χ4v) is 1.47. The number of carbonyl (C=O) groups excluding carboxylic acids is 2. The zero-order valence-corrected chi connectivity index (χ0v) is 12.1. The maximum atomic E-state index is 11.8. The van der Waals surface area contributed by atoms with Crippen LogP contribution >= 0.6 is 11.6 Å². The van der Waals surface area contributed by atoms with Crippen LogP contribution in [0.25, 0.3) is 0 Å². The number of nitrogen functional groups attached to an aromatic ring is 1. The highest BCUT2D eigenvalue weighted by atomic mass is 35.5. The number of nitrogens with zero attached hydrogens (tertiary/aromatic N) is 3. The zero-order valence-electron chi connectivity index (χ0n) is 11.3. The van der Waals surface area contributed by atoms with Gasteiger partial charge in [-0.1, -0.05) is 11.6 Å². The number of halogens is 1. The molecule has 8 nitrogen and oxygen atoms in total. The highest BCUT2D eigenvalue weighted by Crippen LogP contribution is 2.21. The van der Waals surface area contributed by atoms with Gasteiger partial charge in [0.05, 0.1) is 6.54 Å². The van der Waals surface area contributed by atoms with Crippen molar-refractivity contribution in [3.05, 3.63) is 11.5 Å². The van der Waals surface area contributed by atoms with Crippen LogP contribution in [0.2, 0.25) is 5.15 Å². The first kappa shape index (κ1) is 16.0. The SMILES string of the molecule is CC(=O)NCCN(C)C(=O)CNc1ncnc(Cl)c1N. The number of nitrogens with two attached hydrogens (primary N) is 1. The molecule has 0 fully saturated rings. The molecular weight excluding hydrogens is 284 g/mol. The Hall–Kier alpha value is -2.09. The van der Waals surface area contributed by atoms with Crippen LogP contribution in [0.1, 0.15) is 6.92 Å². The molecule has 1 aromatic rings. The number of hydrogen-bond donors (Lipinski definition) is 3. The molecule has 0 atom stereocenters. The minimum absolute atomic E-state index is 0.0219. The first-order valence-electron chi connectivity index (χ1n) is 5.90. The van der Waals surface area contributed by atoms with Gasteiger partial charge < -0.3 is 21.3 Å². The van der Waals surface area contributed by atoms with Crippen molar-refractivity contribution in [3.63, 3.8) is 0 Å². The van der Waals surface area contributed by atoms with Crippen molar-refractivity contribution in [2.24, 2.45) is 0 Å². The lowest BCUT2D eigenvalue weighted by Gasteiger charge is -2.18. The molecule has 0 spiro atoms. The summed E-state index contributed by atoms with van der Waals surface area (Å²) in [5.41, 5.74) is 5.86. The highest BCUT2D eigenvalue weighted by Gasteiger charge is 2.11. The summed E-state index contributed by atoms with van der Waals surface area (Å²) in [5, 5.41) is 5.54. The topological polar surface area (TPSA) is 113 Å². The van der Waals surface area contributed by atoms with E-state index in [1.165, 1.54) is 18.2 Å². The Labute approximate surface area is 121 Å². The Balaban J connectivity index is 2.42. The van der Waals surface area contributed by atoms with Crippen molar-refractivity contribution in [1.82, 2.24) is 20.2 Å². The summed E-state index contributed by atoms with van der Waals surface area (Å²) in [6.07, 6.45) is 1.26. The van der Waals surface area contributed by atoms with Crippen LogP contribution in [0.3, 0.4) is 0 Å². The molecule has 20 heavy (non-hydrogen) atoms. The first-order chi connectivity index (χ1) is 9.41. The van der Waals surface area contributed by atoms with Crippen LogP contribution in [0.15, 0.2) is 6.33 Å². The number of hydrogen-bond acceptors (Lipinski definition) is 6. The number of aromatic nitrogens is 2. The molecule has 0 unspecified atom stereocenters. The predicted octanol–water partition coefficient (Wildman–Crippen LogP) is -0.281. The van der Waals surface area contributed by atoms with E-state index in [1.54, 1.807) is 7.05 Å². The monoisotopic (exact) mass is 300 g/mol. The van der Waals surface area contributed by atoms with Gasteiger partial charge in [-0.05, 0) is 0 Å². The number of anilines is 2. The second kappa shape index (κ2) is 7.49. The van der Waals surface area contributed by atoms with Crippen LogP contribution < -0.4 is 16.4 Å². The smallest absolute Gasteiger partial charge is 0.241 e. The summed E-state index contributed by atoms with van der Waals surface area (Å²) in [6, 6.07) is 0. The Morgan fingerprint density at radius 1 is 1.45 bits per heavy atom. The maximum Gasteiger partial charge on any atom is 0.241 e. The average Bonchev–Trinajstić information content (AvgIpc) is 2.39. The van der Waals surface area contributed by atoms with Gasteiger partial charge in [-0.2, -0.15) is 0 Å². The summed E-state index contributed by atoms with van der Waals surface area (Å²) in [4.78, 5) is 31.6. The number of amides is 2. The minimum Gasteiger partial charge on any atom is -0.393 e. The second-order valence-electron chi connectivity index (χ2n) is 4.08. The minimum atomic E-state index is -0.163. The van der Waals surface area contributed by atoms with E-state index in [0.717, 1.165) is 0 Å². The van der Waals surface area contributed by atoms with Crippen LogP contribution in [0, 0.1) is 0 Å². The molecule has 0 saturated carbocycles. The van der Waals surface area contributed by atoms with Gasteiger partial charge >= 0.3 is 0 Å². The van der Waals surface area contributed by atoms with E-state index in [0.29, 0.717) is 18.9 Å². The molecule has 0 aliphatic heterocycles. The molecule has 4 N–H and O–H groups in total. The van der Waals surface area contributed by atoms with Crippen molar-refractivity contribution in [1.29, 1.82) is 0 Å². The van der Waals surface area contributed by atoms with Gasteiger partial charge in [0, 0.05) is 27.1 Å². The summed E-state index contributed by atoms with van der Waals surface area (Å²) < 4.78 is 0. The van der Waals surface area contributed by atoms with Gasteiger partial charge in [0.2, 0.25) is 11.8 Å². The number of carbonyl (C=O) groups is 2. The standard InChI is InChI=1S/C11H17ClN6O2/c1-7(19)14-3-4-18(2)8(20)5-15-11-9(13)10(12)16-6-17-11/h6H,3-5,13H2,1-2H3,(H,14,19)(H,15,16,17). The van der Waals surface area contributed by atoms with Crippen molar-refractivity contribution < 1.29 is 9.59 Å². The Kier molecular flexibility index (Phi) is 5.98. The third-order valence-corrected chi connectivity index (χ3v) is 2.79. The predicted molar refractivity (Wildman–Crippen MR) is 76.3 cm³/mol. The van der Waals surface area contributed by atoms with E-state index in [-0.39, 0.29) is 29.2 Å². The Morgan fingerprint density at radius 2 is 2.15 bits per heavy atom. The van der Waals surface area contributed by atoms with Crippen LogP contribution in [-0.4, -0.2) is 53.4 Å². The molecule has 110 valence electrons. The molecule has 9 heteroatoms. The van der Waals surface area contributed by atoms with Gasteiger partial charge in [-0.3, -0.25) is 9.59 Å². The number of nitrogens with one attached hydrogen (secondary N) is 2. The third-order valence-electron chi connectivity index (χ3n) is 2.49. The van der Waals surface area contributed by atoms with E-state index >= 15 is 0 Å². The molecule has 0 aliphatic rings. The average molecular weight is 301 g/mol. The molecule has 0 aliphatic carbocycles. The molecule has 0 radical (unpaired) electrons. The van der Waals surface area contributed by atoms with Gasteiger partial charge in [0.1, 0.15) is 12.0 Å². The molecule has 1 rings (SSSR count). The number of likely N-dealkylation sites (N-methyl/N-ethyl adjacent to an activating group) is 1. The highest BCUT2D eigenvalue weighted by molar-refractivity contribution is 6.32. The molecular formula is C11H17ClN6O2. The summed E-state index contributed by atoms with van der Waals surface area (Å²) in [7, 11) is 1.64. The van der Waals surface area contributed by atoms with E-state index < -0.39 is 0 Å². The number of rotatable bonds is 6. The lowest BCUT2D eigenvalue weighted by atomic mass is 10.4. The maximum absolute atomic E-state index is 11.8. The normalized spacial score (nSPS) is 9.95. The second-order valence-corrected chi connectivity index (χ2v) is 4.44. The van der Waals surface area contributed by atoms with Gasteiger partial charge in [0.25, 0.3) is 0 Å². The van der Waals surface area contributed by atoms with Gasteiger partial charge in [-0.25, -0.2) is 9.97 Å². The quantitative estimate of drug-likeness (QED) is 0.623. The lowest BCUT2D eigenvalue weighted by molar-refractivity contribution is -0.128. The van der Waals surface area contributed by atoms with E-state index in [9.17, 15) is 9.59 Å². The van der Waals surface area contributed by atoms with Crippen LogP contribution in [-0.2, 0) is 9.59 Å². The third kappa shape index (κ3) is 4.88. The molecule has 1 aromatic heterocycles. The molecule has 2 amide bonds. The summed E-state index contributed by atoms with van der Waals surface area (Å²) in [5.74, 6) is 0.0190. The van der Waals surface area contributed by atoms with Crippen LogP contribution in [0.5, 0.6) is 0 Å². The van der Waals surface area contributed by atoms with E-state index in [4.69, 9.17) is 17.3 Å². The zero-order chi connectivity index (χ0) is 15.1. The molecule has 1 heterocycles. The fraction of sp³-hybridized carbons (Fsp3) is 0.455. The van der Waals surface area contributed by atoms with Gasteiger partial charge in [-0.15, -0.1) is 0 Å². The molecule has 0 aromatic carbocycles. The molecule has 0 bridgehead atoms. The van der Waals surface area contributed by atoms with E-state index in [1.807, 2.05) is 0 Å². The van der Waals surface area contributed by atoms with Crippen molar-refractivity contribution in [3.8, 4) is 0 Å².